The van der Waals surface area contributed by atoms with Crippen LogP contribution in [0.2, 0.25) is 0 Å². The first-order valence-corrected chi connectivity index (χ1v) is 6.28. The van der Waals surface area contributed by atoms with Crippen LogP contribution in [0.25, 0.3) is 0 Å². The lowest BCUT2D eigenvalue weighted by Crippen LogP contribution is -2.65. The van der Waals surface area contributed by atoms with Gasteiger partial charge in [0.25, 0.3) is 0 Å². The summed E-state index contributed by atoms with van der Waals surface area (Å²) in [6, 6.07) is 0. The van der Waals surface area contributed by atoms with E-state index in [1.54, 1.807) is 0 Å². The van der Waals surface area contributed by atoms with Crippen LogP contribution in [0.15, 0.2) is 0 Å². The van der Waals surface area contributed by atoms with Gasteiger partial charge in [0.15, 0.2) is 0 Å². The number of hydrogen-bond donors (Lipinski definition) is 2. The molecular weight excluding hydrogens is 204 g/mol. The lowest BCUT2D eigenvalue weighted by Gasteiger charge is -2.57. The van der Waals surface area contributed by atoms with Crippen LogP contribution in [0.3, 0.4) is 0 Å². The maximum absolute atomic E-state index is 10.7. The Morgan fingerprint density at radius 1 is 1.19 bits per heavy atom. The van der Waals surface area contributed by atoms with Gasteiger partial charge in [0.05, 0.1) is 17.8 Å². The van der Waals surface area contributed by atoms with E-state index >= 15 is 0 Å². The molecule has 2 N–H and O–H groups in total. The van der Waals surface area contributed by atoms with Crippen molar-refractivity contribution in [2.45, 2.75) is 76.8 Å². The molecule has 2 fully saturated rings. The molecule has 0 radical (unpaired) electrons. The number of aliphatic hydroxyl groups excluding tert-OH is 1. The summed E-state index contributed by atoms with van der Waals surface area (Å²) in [6.45, 7) is 8.07. The predicted molar refractivity (Wildman–Crippen MR) is 62.2 cm³/mol. The molecule has 4 atom stereocenters. The fraction of sp³-hybridized carbons (Fsp3) is 1.00. The minimum atomic E-state index is -0.932. The molecule has 1 saturated carbocycles. The first-order valence-electron chi connectivity index (χ1n) is 6.28. The van der Waals surface area contributed by atoms with E-state index < -0.39 is 17.3 Å². The summed E-state index contributed by atoms with van der Waals surface area (Å²) in [7, 11) is 0. The third-order valence-electron chi connectivity index (χ3n) is 4.65. The van der Waals surface area contributed by atoms with E-state index in [-0.39, 0.29) is 11.5 Å². The van der Waals surface area contributed by atoms with Crippen molar-refractivity contribution in [2.75, 3.05) is 0 Å². The summed E-state index contributed by atoms with van der Waals surface area (Å²) >= 11 is 0. The van der Waals surface area contributed by atoms with Gasteiger partial charge in [-0.1, -0.05) is 13.8 Å². The van der Waals surface area contributed by atoms with Crippen LogP contribution in [0.4, 0.5) is 0 Å². The zero-order valence-corrected chi connectivity index (χ0v) is 10.8. The second-order valence-corrected chi connectivity index (χ2v) is 6.51. The van der Waals surface area contributed by atoms with Crippen molar-refractivity contribution < 1.29 is 14.9 Å². The summed E-state index contributed by atoms with van der Waals surface area (Å²) in [5.74, 6) is 0. The van der Waals surface area contributed by atoms with E-state index in [0.717, 1.165) is 12.8 Å². The fourth-order valence-electron chi connectivity index (χ4n) is 3.94. The van der Waals surface area contributed by atoms with Crippen molar-refractivity contribution in [1.29, 1.82) is 0 Å². The van der Waals surface area contributed by atoms with E-state index in [9.17, 15) is 10.2 Å². The average Bonchev–Trinajstić information content (AvgIpc) is 2.44. The van der Waals surface area contributed by atoms with Crippen LogP contribution in [0, 0.1) is 5.41 Å². The molecule has 3 nitrogen and oxygen atoms in total. The topological polar surface area (TPSA) is 49.7 Å². The molecule has 1 saturated heterocycles. The Kier molecular flexibility index (Phi) is 2.65. The normalized spacial score (nSPS) is 52.1. The Bertz CT molecular complexity index is 265. The molecular formula is C13H24O3. The van der Waals surface area contributed by atoms with Crippen LogP contribution in [-0.2, 0) is 4.74 Å². The summed E-state index contributed by atoms with van der Waals surface area (Å²) in [5.41, 5.74) is -1.60. The van der Waals surface area contributed by atoms with Gasteiger partial charge >= 0.3 is 0 Å². The molecule has 1 spiro atoms. The molecule has 0 unspecified atom stereocenters. The molecule has 16 heavy (non-hydrogen) atoms. The minimum absolute atomic E-state index is 0.182. The standard InChI is InChI=1S/C13H24O3/c1-9-5-6-13(16-9)11(2,3)7-10(14)8-12(13,4)15/h9-10,14-15H,5-8H2,1-4H3/t9-,10+,12+,13-/m0/s1. The van der Waals surface area contributed by atoms with E-state index in [0.29, 0.717) is 12.8 Å². The minimum Gasteiger partial charge on any atom is -0.393 e. The SMILES string of the molecule is C[C@H]1CC[C@]2(O1)C(C)(C)C[C@@H](O)C[C@@]2(C)O. The lowest BCUT2D eigenvalue weighted by atomic mass is 9.56. The number of aliphatic hydroxyl groups is 2. The Hall–Kier alpha value is -0.120. The Balaban J connectivity index is 2.39. The number of rotatable bonds is 0. The van der Waals surface area contributed by atoms with Crippen LogP contribution in [0.1, 0.15) is 53.4 Å². The second kappa shape index (κ2) is 3.44. The van der Waals surface area contributed by atoms with Gasteiger partial charge in [-0.3, -0.25) is 0 Å². The molecule has 0 aromatic carbocycles. The van der Waals surface area contributed by atoms with E-state index in [1.807, 2.05) is 6.92 Å². The quantitative estimate of drug-likeness (QED) is 0.665. The number of hydrogen-bond acceptors (Lipinski definition) is 3. The van der Waals surface area contributed by atoms with Gasteiger partial charge in [-0.2, -0.15) is 0 Å². The van der Waals surface area contributed by atoms with Gasteiger partial charge in [-0.05, 0) is 38.5 Å². The number of ether oxygens (including phenoxy) is 1. The second-order valence-electron chi connectivity index (χ2n) is 6.51. The van der Waals surface area contributed by atoms with Gasteiger partial charge in [0.1, 0.15) is 5.60 Å². The van der Waals surface area contributed by atoms with E-state index in [4.69, 9.17) is 4.74 Å². The third-order valence-corrected chi connectivity index (χ3v) is 4.65. The van der Waals surface area contributed by atoms with Crippen molar-refractivity contribution >= 4 is 0 Å². The van der Waals surface area contributed by atoms with Gasteiger partial charge in [-0.25, -0.2) is 0 Å². The monoisotopic (exact) mass is 228 g/mol. The highest BCUT2D eigenvalue weighted by Gasteiger charge is 2.63. The van der Waals surface area contributed by atoms with Gasteiger partial charge < -0.3 is 14.9 Å². The molecule has 1 aliphatic carbocycles. The zero-order chi connectivity index (χ0) is 12.2. The van der Waals surface area contributed by atoms with Crippen molar-refractivity contribution in [1.82, 2.24) is 0 Å². The fourth-order valence-corrected chi connectivity index (χ4v) is 3.94. The Morgan fingerprint density at radius 2 is 1.81 bits per heavy atom. The molecule has 0 bridgehead atoms. The highest BCUT2D eigenvalue weighted by Crippen LogP contribution is 2.57. The van der Waals surface area contributed by atoms with Crippen molar-refractivity contribution in [3.05, 3.63) is 0 Å². The Morgan fingerprint density at radius 3 is 2.25 bits per heavy atom. The van der Waals surface area contributed by atoms with E-state index in [2.05, 4.69) is 20.8 Å². The zero-order valence-electron chi connectivity index (χ0n) is 10.8. The molecule has 94 valence electrons. The van der Waals surface area contributed by atoms with Crippen molar-refractivity contribution in [3.8, 4) is 0 Å². The summed E-state index contributed by atoms with van der Waals surface area (Å²) in [6.07, 6.45) is 2.80. The van der Waals surface area contributed by atoms with Crippen LogP contribution < -0.4 is 0 Å². The highest BCUT2D eigenvalue weighted by atomic mass is 16.5. The van der Waals surface area contributed by atoms with E-state index in [1.165, 1.54) is 0 Å². The molecule has 2 rings (SSSR count). The first kappa shape index (κ1) is 12.3. The maximum Gasteiger partial charge on any atom is 0.102 e. The summed E-state index contributed by atoms with van der Waals surface area (Å²) in [4.78, 5) is 0. The van der Waals surface area contributed by atoms with Gasteiger partial charge in [0, 0.05) is 6.42 Å². The molecule has 1 heterocycles. The molecule has 1 aliphatic heterocycles. The smallest absolute Gasteiger partial charge is 0.102 e. The first-order chi connectivity index (χ1) is 7.20. The average molecular weight is 228 g/mol. The predicted octanol–water partition coefficient (Wildman–Crippen LogP) is 1.86. The van der Waals surface area contributed by atoms with Gasteiger partial charge in [-0.15, -0.1) is 0 Å². The van der Waals surface area contributed by atoms with Crippen molar-refractivity contribution in [2.24, 2.45) is 5.41 Å². The largest absolute Gasteiger partial charge is 0.393 e. The molecule has 3 heteroatoms. The maximum atomic E-state index is 10.7. The molecule has 0 aromatic heterocycles. The molecule has 0 amide bonds. The third kappa shape index (κ3) is 1.52. The molecule has 0 aromatic rings. The lowest BCUT2D eigenvalue weighted by molar-refractivity contribution is -0.256. The van der Waals surface area contributed by atoms with Gasteiger partial charge in [0.2, 0.25) is 0 Å². The molecule has 2 aliphatic rings. The summed E-state index contributed by atoms with van der Waals surface area (Å²) < 4.78 is 6.11. The van der Waals surface area contributed by atoms with Crippen LogP contribution in [0.5, 0.6) is 0 Å². The Labute approximate surface area is 97.8 Å². The van der Waals surface area contributed by atoms with Crippen LogP contribution >= 0.6 is 0 Å². The van der Waals surface area contributed by atoms with Crippen LogP contribution in [-0.4, -0.2) is 33.6 Å². The highest BCUT2D eigenvalue weighted by molar-refractivity contribution is 5.14. The van der Waals surface area contributed by atoms with Crippen molar-refractivity contribution in [3.63, 3.8) is 0 Å². The summed E-state index contributed by atoms with van der Waals surface area (Å²) in [5, 5.41) is 20.5.